The molecule has 5 nitrogen and oxygen atoms in total. The van der Waals surface area contributed by atoms with E-state index >= 15 is 0 Å². The van der Waals surface area contributed by atoms with Gasteiger partial charge in [-0.25, -0.2) is 14.8 Å². The molecule has 0 spiro atoms. The zero-order chi connectivity index (χ0) is 9.14. The van der Waals surface area contributed by atoms with Crippen LogP contribution in [0.5, 0.6) is 0 Å². The van der Waals surface area contributed by atoms with Crippen LogP contribution in [0.25, 0.3) is 0 Å². The van der Waals surface area contributed by atoms with Gasteiger partial charge in [-0.2, -0.15) is 0 Å². The van der Waals surface area contributed by atoms with Gasteiger partial charge in [0.25, 0.3) is 0 Å². The summed E-state index contributed by atoms with van der Waals surface area (Å²) in [7, 11) is 1.22. The monoisotopic (exact) mass is 186 g/mol. The number of nitrogens with two attached hydrogens (primary N) is 1. The molecule has 1 aromatic rings. The van der Waals surface area contributed by atoms with Gasteiger partial charge in [0, 0.05) is 0 Å². The van der Waals surface area contributed by atoms with E-state index in [0.717, 1.165) is 0 Å². The van der Waals surface area contributed by atoms with Crippen LogP contribution in [0.2, 0.25) is 5.15 Å². The molecular weight excluding hydrogens is 182 g/mol. The molecule has 0 aliphatic heterocycles. The first-order valence-corrected chi connectivity index (χ1v) is 3.32. The minimum atomic E-state index is -0.670. The first-order valence-electron chi connectivity index (χ1n) is 2.94. The number of carbonyl (C=O) groups excluding carboxylic acids is 1. The summed E-state index contributed by atoms with van der Waals surface area (Å²) in [5.41, 5.74) is 5.21. The molecule has 0 atom stereocenters. The maximum absolute atomic E-state index is 10.9. The van der Waals surface area contributed by atoms with E-state index in [4.69, 9.17) is 17.3 Å². The Hall–Kier alpha value is -1.36. The molecule has 1 radical (unpaired) electrons. The van der Waals surface area contributed by atoms with Crippen LogP contribution in [-0.4, -0.2) is 23.0 Å². The molecule has 0 bridgehead atoms. The highest BCUT2D eigenvalue weighted by Gasteiger charge is 2.13. The fourth-order valence-electron chi connectivity index (χ4n) is 0.587. The van der Waals surface area contributed by atoms with Crippen LogP contribution in [0.15, 0.2) is 0 Å². The maximum atomic E-state index is 10.9. The molecule has 0 aromatic carbocycles. The third kappa shape index (κ3) is 1.62. The van der Waals surface area contributed by atoms with Crippen LogP contribution in [0.4, 0.5) is 5.82 Å². The van der Waals surface area contributed by atoms with Gasteiger partial charge in [0.15, 0.2) is 16.7 Å². The number of nitrogens with zero attached hydrogens (tertiary/aromatic N) is 2. The second-order valence-electron chi connectivity index (χ2n) is 1.85. The third-order valence-electron chi connectivity index (χ3n) is 1.10. The van der Waals surface area contributed by atoms with Crippen molar-refractivity contribution in [3.63, 3.8) is 0 Å². The van der Waals surface area contributed by atoms with Crippen LogP contribution in [0.1, 0.15) is 10.5 Å². The molecule has 0 fully saturated rings. The normalized spacial score (nSPS) is 9.50. The van der Waals surface area contributed by atoms with Gasteiger partial charge in [-0.15, -0.1) is 0 Å². The van der Waals surface area contributed by atoms with E-state index in [2.05, 4.69) is 20.9 Å². The Morgan fingerprint density at radius 3 is 3.00 bits per heavy atom. The summed E-state index contributed by atoms with van der Waals surface area (Å²) in [5.74, 6) is -0.720. The predicted octanol–water partition coefficient (Wildman–Crippen LogP) is 0.299. The molecule has 6 heteroatoms. The molecule has 0 unspecified atom stereocenters. The molecule has 2 N–H and O–H groups in total. The molecule has 1 aromatic heterocycles. The Bertz CT molecular complexity index is 316. The van der Waals surface area contributed by atoms with Crippen molar-refractivity contribution in [1.29, 1.82) is 0 Å². The number of carbonyl (C=O) groups is 1. The molecule has 0 saturated heterocycles. The van der Waals surface area contributed by atoms with Crippen LogP contribution in [0.3, 0.4) is 0 Å². The Morgan fingerprint density at radius 1 is 1.75 bits per heavy atom. The smallest absolute Gasteiger partial charge is 0.360 e. The van der Waals surface area contributed by atoms with Gasteiger partial charge in [-0.1, -0.05) is 11.6 Å². The van der Waals surface area contributed by atoms with Gasteiger partial charge in [0.05, 0.1) is 7.11 Å². The molecular formula is C6H5ClN3O2. The number of nitrogen functional groups attached to an aromatic ring is 1. The molecule has 12 heavy (non-hydrogen) atoms. The Kier molecular flexibility index (Phi) is 2.44. The fourth-order valence-corrected chi connectivity index (χ4v) is 0.713. The zero-order valence-corrected chi connectivity index (χ0v) is 6.92. The summed E-state index contributed by atoms with van der Waals surface area (Å²) in [6, 6.07) is 0. The minimum absolute atomic E-state index is 0.0235. The van der Waals surface area contributed by atoms with Gasteiger partial charge in [0.1, 0.15) is 6.20 Å². The van der Waals surface area contributed by atoms with Gasteiger partial charge >= 0.3 is 5.97 Å². The SMILES string of the molecule is COC(=O)c1nc(Cl)[c]nc1N. The summed E-state index contributed by atoms with van der Waals surface area (Å²) in [5, 5.41) is -0.0235. The van der Waals surface area contributed by atoms with Crippen molar-refractivity contribution in [3.8, 4) is 0 Å². The van der Waals surface area contributed by atoms with Crippen molar-refractivity contribution in [1.82, 2.24) is 9.97 Å². The number of halogens is 1. The molecule has 1 heterocycles. The van der Waals surface area contributed by atoms with E-state index in [0.29, 0.717) is 0 Å². The van der Waals surface area contributed by atoms with Gasteiger partial charge in [-0.05, 0) is 0 Å². The summed E-state index contributed by atoms with van der Waals surface area (Å²) >= 11 is 5.43. The largest absolute Gasteiger partial charge is 0.464 e. The van der Waals surface area contributed by atoms with Gasteiger partial charge in [-0.3, -0.25) is 0 Å². The van der Waals surface area contributed by atoms with Crippen molar-refractivity contribution in [2.75, 3.05) is 12.8 Å². The van der Waals surface area contributed by atoms with Gasteiger partial charge < -0.3 is 10.5 Å². The number of ether oxygens (including phenoxy) is 1. The van der Waals surface area contributed by atoms with Crippen LogP contribution in [0, 0.1) is 6.20 Å². The van der Waals surface area contributed by atoms with E-state index in [1.165, 1.54) is 7.11 Å². The molecule has 0 amide bonds. The summed E-state index contributed by atoms with van der Waals surface area (Å²) in [6.07, 6.45) is 2.29. The lowest BCUT2D eigenvalue weighted by atomic mass is 10.4. The van der Waals surface area contributed by atoms with Crippen molar-refractivity contribution in [2.24, 2.45) is 0 Å². The average Bonchev–Trinajstić information content (AvgIpc) is 2.08. The summed E-state index contributed by atoms with van der Waals surface area (Å²) in [6.45, 7) is 0. The van der Waals surface area contributed by atoms with Gasteiger partial charge in [0.2, 0.25) is 0 Å². The standard InChI is InChI=1S/C6H5ClN3O2/c1-12-6(11)4-5(8)9-2-3(7)10-4/h1H3,(H2,8,9). The first kappa shape index (κ1) is 8.73. The first-order chi connectivity index (χ1) is 5.65. The van der Waals surface area contributed by atoms with E-state index in [1.54, 1.807) is 0 Å². The van der Waals surface area contributed by atoms with Crippen molar-refractivity contribution < 1.29 is 9.53 Å². The fraction of sp³-hybridized carbons (Fsp3) is 0.167. The van der Waals surface area contributed by atoms with E-state index in [-0.39, 0.29) is 16.7 Å². The number of hydrogen-bond acceptors (Lipinski definition) is 5. The predicted molar refractivity (Wildman–Crippen MR) is 41.6 cm³/mol. The topological polar surface area (TPSA) is 78.1 Å². The van der Waals surface area contributed by atoms with E-state index in [1.807, 2.05) is 0 Å². The molecule has 1 rings (SSSR count). The van der Waals surface area contributed by atoms with Crippen molar-refractivity contribution >= 4 is 23.4 Å². The number of methoxy groups -OCH3 is 1. The van der Waals surface area contributed by atoms with Crippen LogP contribution < -0.4 is 5.73 Å². The number of anilines is 1. The average molecular weight is 187 g/mol. The second kappa shape index (κ2) is 3.36. The maximum Gasteiger partial charge on any atom is 0.360 e. The van der Waals surface area contributed by atoms with E-state index < -0.39 is 5.97 Å². The molecule has 0 saturated carbocycles. The number of aromatic nitrogens is 2. The number of esters is 1. The second-order valence-corrected chi connectivity index (χ2v) is 2.21. The van der Waals surface area contributed by atoms with Crippen molar-refractivity contribution in [2.45, 2.75) is 0 Å². The number of rotatable bonds is 1. The third-order valence-corrected chi connectivity index (χ3v) is 1.27. The highest BCUT2D eigenvalue weighted by atomic mass is 35.5. The Balaban J connectivity index is 3.13. The molecule has 0 aliphatic rings. The lowest BCUT2D eigenvalue weighted by Gasteiger charge is -2.00. The number of hydrogen-bond donors (Lipinski definition) is 1. The van der Waals surface area contributed by atoms with Crippen LogP contribution in [-0.2, 0) is 4.74 Å². The van der Waals surface area contributed by atoms with E-state index in [9.17, 15) is 4.79 Å². The minimum Gasteiger partial charge on any atom is -0.464 e. The highest BCUT2D eigenvalue weighted by molar-refractivity contribution is 6.29. The zero-order valence-electron chi connectivity index (χ0n) is 6.17. The van der Waals surface area contributed by atoms with Crippen LogP contribution >= 0.6 is 11.6 Å². The lowest BCUT2D eigenvalue weighted by molar-refractivity contribution is 0.0595. The lowest BCUT2D eigenvalue weighted by Crippen LogP contribution is -2.09. The Morgan fingerprint density at radius 2 is 2.42 bits per heavy atom. The van der Waals surface area contributed by atoms with Crippen molar-refractivity contribution in [3.05, 3.63) is 17.0 Å². The molecule has 63 valence electrons. The highest BCUT2D eigenvalue weighted by Crippen LogP contribution is 2.09. The summed E-state index contributed by atoms with van der Waals surface area (Å²) < 4.78 is 4.38. The quantitative estimate of drug-likeness (QED) is 0.639. The summed E-state index contributed by atoms with van der Waals surface area (Å²) in [4.78, 5) is 18.0. The molecule has 0 aliphatic carbocycles. The Labute approximate surface area is 73.5 Å².